The van der Waals surface area contributed by atoms with Gasteiger partial charge >= 0.3 is 4.70 Å². The van der Waals surface area contributed by atoms with Crippen molar-refractivity contribution in [3.63, 3.8) is 0 Å². The van der Waals surface area contributed by atoms with Gasteiger partial charge in [-0.1, -0.05) is 18.2 Å². The standard InChI is InChI=1S/C6H5NO2.CCl2O/c8-7(9)6-4-2-1-3-5-6;2-1(3)4/h1-5H;. The molecule has 0 radical (unpaired) electrons. The Kier molecular flexibility index (Phi) is 5.84. The summed E-state index contributed by atoms with van der Waals surface area (Å²) >= 11 is 8.80. The van der Waals surface area contributed by atoms with Crippen LogP contribution in [0.1, 0.15) is 0 Å². The van der Waals surface area contributed by atoms with Crippen molar-refractivity contribution in [2.75, 3.05) is 0 Å². The van der Waals surface area contributed by atoms with Crippen LogP contribution in [-0.4, -0.2) is 9.62 Å². The van der Waals surface area contributed by atoms with E-state index in [2.05, 4.69) is 23.2 Å². The van der Waals surface area contributed by atoms with Gasteiger partial charge in [0.25, 0.3) is 5.69 Å². The molecule has 0 heterocycles. The molecule has 0 amide bonds. The van der Waals surface area contributed by atoms with E-state index in [1.165, 1.54) is 12.1 Å². The Morgan fingerprint density at radius 3 is 1.85 bits per heavy atom. The van der Waals surface area contributed by atoms with Gasteiger partial charge in [-0.15, -0.1) is 0 Å². The molecule has 1 aromatic carbocycles. The zero-order valence-corrected chi connectivity index (χ0v) is 7.83. The van der Waals surface area contributed by atoms with Gasteiger partial charge in [-0.05, 0) is 23.2 Å². The van der Waals surface area contributed by atoms with Crippen LogP contribution in [0.5, 0.6) is 0 Å². The van der Waals surface area contributed by atoms with E-state index >= 15 is 0 Å². The van der Waals surface area contributed by atoms with Crippen LogP contribution in [0.3, 0.4) is 0 Å². The first-order valence-corrected chi connectivity index (χ1v) is 3.84. The number of nitro benzene ring substituents is 1. The van der Waals surface area contributed by atoms with Gasteiger partial charge in [0.2, 0.25) is 0 Å². The van der Waals surface area contributed by atoms with Crippen LogP contribution in [0.25, 0.3) is 0 Å². The Morgan fingerprint density at radius 2 is 1.62 bits per heavy atom. The SMILES string of the molecule is O=C(Cl)Cl.O=[N+]([O-])c1ccccc1. The number of benzene rings is 1. The van der Waals surface area contributed by atoms with Gasteiger partial charge in [0.05, 0.1) is 4.92 Å². The summed E-state index contributed by atoms with van der Waals surface area (Å²) in [6.45, 7) is 0. The molecule has 0 saturated carbocycles. The second kappa shape index (κ2) is 6.39. The molecule has 1 rings (SSSR count). The van der Waals surface area contributed by atoms with E-state index in [9.17, 15) is 10.1 Å². The van der Waals surface area contributed by atoms with Gasteiger partial charge in [0.15, 0.2) is 0 Å². The largest absolute Gasteiger partial charge is 0.313 e. The van der Waals surface area contributed by atoms with Crippen molar-refractivity contribution < 1.29 is 9.72 Å². The van der Waals surface area contributed by atoms with Crippen molar-refractivity contribution in [2.24, 2.45) is 0 Å². The normalized spacial score (nSPS) is 8.15. The number of carbonyl (C=O) groups excluding carboxylic acids is 1. The maximum Gasteiger partial charge on any atom is 0.313 e. The Balaban J connectivity index is 0.000000310. The van der Waals surface area contributed by atoms with Crippen molar-refractivity contribution in [1.29, 1.82) is 0 Å². The number of carbonyl (C=O) groups is 1. The molecular weight excluding hydrogens is 217 g/mol. The van der Waals surface area contributed by atoms with Crippen molar-refractivity contribution in [1.82, 2.24) is 0 Å². The number of nitrogens with zero attached hydrogens (tertiary/aromatic N) is 1. The van der Waals surface area contributed by atoms with Gasteiger partial charge in [-0.2, -0.15) is 0 Å². The van der Waals surface area contributed by atoms with Crippen molar-refractivity contribution in [2.45, 2.75) is 0 Å². The second-order valence-electron chi connectivity index (χ2n) is 1.82. The highest BCUT2D eigenvalue weighted by Crippen LogP contribution is 2.06. The number of non-ortho nitro benzene ring substituents is 1. The van der Waals surface area contributed by atoms with Gasteiger partial charge in [-0.25, -0.2) is 0 Å². The van der Waals surface area contributed by atoms with Crippen molar-refractivity contribution in [3.8, 4) is 0 Å². The molecule has 0 aromatic heterocycles. The number of hydrogen-bond donors (Lipinski definition) is 0. The Labute approximate surface area is 84.2 Å². The van der Waals surface area contributed by atoms with E-state index in [0.717, 1.165) is 0 Å². The third kappa shape index (κ3) is 7.24. The van der Waals surface area contributed by atoms with Crippen molar-refractivity contribution in [3.05, 3.63) is 40.4 Å². The molecule has 0 N–H and O–H groups in total. The summed E-state index contributed by atoms with van der Waals surface area (Å²) in [6, 6.07) is 7.93. The smallest absolute Gasteiger partial charge is 0.262 e. The Bertz CT molecular complexity index is 285. The molecule has 0 bridgehead atoms. The summed E-state index contributed by atoms with van der Waals surface area (Å²) in [5.41, 5.74) is 0.137. The number of nitro groups is 1. The highest BCUT2D eigenvalue weighted by Gasteiger charge is 1.98. The molecule has 70 valence electrons. The number of rotatable bonds is 1. The van der Waals surface area contributed by atoms with Gasteiger partial charge in [0.1, 0.15) is 0 Å². The predicted octanol–water partition coefficient (Wildman–Crippen LogP) is 3.18. The van der Waals surface area contributed by atoms with Crippen LogP contribution in [-0.2, 0) is 0 Å². The predicted molar refractivity (Wildman–Crippen MR) is 50.2 cm³/mol. The summed E-state index contributed by atoms with van der Waals surface area (Å²) in [4.78, 5) is 18.6. The number of para-hydroxylation sites is 1. The van der Waals surface area contributed by atoms with E-state index in [-0.39, 0.29) is 5.69 Å². The third-order valence-electron chi connectivity index (χ3n) is 0.967. The van der Waals surface area contributed by atoms with Crippen LogP contribution in [0, 0.1) is 10.1 Å². The van der Waals surface area contributed by atoms with Crippen LogP contribution in [0.2, 0.25) is 0 Å². The molecule has 1 aromatic rings. The van der Waals surface area contributed by atoms with Gasteiger partial charge in [-0.3, -0.25) is 14.9 Å². The molecule has 4 nitrogen and oxygen atoms in total. The molecule has 13 heavy (non-hydrogen) atoms. The maximum atomic E-state index is 10.0. The van der Waals surface area contributed by atoms with Crippen LogP contribution >= 0.6 is 23.2 Å². The highest BCUT2D eigenvalue weighted by molar-refractivity contribution is 6.93. The first kappa shape index (κ1) is 11.9. The fourth-order valence-electron chi connectivity index (χ4n) is 0.550. The number of halogens is 2. The Morgan fingerprint density at radius 1 is 1.23 bits per heavy atom. The zero-order valence-electron chi connectivity index (χ0n) is 6.31. The summed E-state index contributed by atoms with van der Waals surface area (Å²) in [6.07, 6.45) is 0. The first-order chi connectivity index (χ1) is 6.04. The molecule has 0 atom stereocenters. The molecule has 0 unspecified atom stereocenters. The van der Waals surface area contributed by atoms with Crippen LogP contribution in [0.15, 0.2) is 30.3 Å². The highest BCUT2D eigenvalue weighted by atomic mass is 35.5. The lowest BCUT2D eigenvalue weighted by atomic mass is 10.3. The third-order valence-corrected chi connectivity index (χ3v) is 0.967. The molecule has 0 spiro atoms. The molecule has 0 fully saturated rings. The fourth-order valence-corrected chi connectivity index (χ4v) is 0.550. The summed E-state index contributed by atoms with van der Waals surface area (Å²) in [7, 11) is 0. The van der Waals surface area contributed by atoms with E-state index in [1.54, 1.807) is 18.2 Å². The van der Waals surface area contributed by atoms with E-state index in [1.807, 2.05) is 0 Å². The van der Waals surface area contributed by atoms with Gasteiger partial charge in [0, 0.05) is 12.1 Å². The molecule has 0 saturated heterocycles. The van der Waals surface area contributed by atoms with Crippen molar-refractivity contribution >= 4 is 33.6 Å². The fraction of sp³-hybridized carbons (Fsp3) is 0. The lowest BCUT2D eigenvalue weighted by Crippen LogP contribution is -1.84. The maximum absolute atomic E-state index is 10.0. The minimum absolute atomic E-state index is 0.137. The monoisotopic (exact) mass is 221 g/mol. The van der Waals surface area contributed by atoms with Gasteiger partial charge < -0.3 is 0 Å². The summed E-state index contributed by atoms with van der Waals surface area (Å²) in [5.74, 6) is 0. The lowest BCUT2D eigenvalue weighted by Gasteiger charge is -1.85. The minimum Gasteiger partial charge on any atom is -0.262 e. The van der Waals surface area contributed by atoms with Crippen LogP contribution in [0.4, 0.5) is 10.5 Å². The number of hydrogen-bond acceptors (Lipinski definition) is 3. The van der Waals surface area contributed by atoms with E-state index in [0.29, 0.717) is 0 Å². The molecule has 0 aliphatic carbocycles. The summed E-state index contributed by atoms with van der Waals surface area (Å²) < 4.78 is -0.889. The molecule has 6 heteroatoms. The topological polar surface area (TPSA) is 60.2 Å². The molecular formula is C7H5Cl2NO3. The first-order valence-electron chi connectivity index (χ1n) is 3.08. The molecule has 0 aliphatic heterocycles. The van der Waals surface area contributed by atoms with Crippen LogP contribution < -0.4 is 0 Å². The zero-order chi connectivity index (χ0) is 10.3. The Hall–Kier alpha value is -1.13. The second-order valence-corrected chi connectivity index (χ2v) is 2.70. The average Bonchev–Trinajstić information content (AvgIpc) is 2.05. The summed E-state index contributed by atoms with van der Waals surface area (Å²) in [5, 5.41) is 10.0. The molecule has 0 aliphatic rings. The lowest BCUT2D eigenvalue weighted by molar-refractivity contribution is -0.384. The van der Waals surface area contributed by atoms with E-state index < -0.39 is 9.62 Å². The minimum atomic E-state index is -0.889. The average molecular weight is 222 g/mol. The quantitative estimate of drug-likeness (QED) is 0.416. The van der Waals surface area contributed by atoms with E-state index in [4.69, 9.17) is 4.79 Å².